The number of aliphatic hydroxyl groups excluding tert-OH is 1. The highest BCUT2D eigenvalue weighted by Crippen LogP contribution is 2.10. The van der Waals surface area contributed by atoms with E-state index < -0.39 is 6.10 Å². The highest BCUT2D eigenvalue weighted by molar-refractivity contribution is 5.23. The lowest BCUT2D eigenvalue weighted by atomic mass is 10.0. The summed E-state index contributed by atoms with van der Waals surface area (Å²) in [7, 11) is 0. The number of hydrogen-bond acceptors (Lipinski definition) is 4. The molecule has 0 fully saturated rings. The Morgan fingerprint density at radius 2 is 1.71 bits per heavy atom. The van der Waals surface area contributed by atoms with Crippen LogP contribution in [0.3, 0.4) is 0 Å². The van der Waals surface area contributed by atoms with Gasteiger partial charge in [-0.25, -0.2) is 0 Å². The zero-order valence-electron chi connectivity index (χ0n) is 17.4. The molecule has 154 valence electrons. The first-order chi connectivity index (χ1) is 13.7. The Balaban J connectivity index is 1.59. The summed E-state index contributed by atoms with van der Waals surface area (Å²) >= 11 is 0. The molecule has 0 aliphatic carbocycles. The van der Waals surface area contributed by atoms with Gasteiger partial charge in [0.05, 0.1) is 0 Å². The third kappa shape index (κ3) is 9.36. The lowest BCUT2D eigenvalue weighted by Gasteiger charge is -2.18. The van der Waals surface area contributed by atoms with Crippen molar-refractivity contribution in [3.63, 3.8) is 0 Å². The van der Waals surface area contributed by atoms with Crippen LogP contribution in [-0.4, -0.2) is 36.9 Å². The van der Waals surface area contributed by atoms with Crippen molar-refractivity contribution in [1.82, 2.24) is 10.6 Å². The SMILES string of the molecule is CCCCNCc1ccc(CC[C@@H](C)NCC(O)COc2ccccc2)cc1. The third-order valence-corrected chi connectivity index (χ3v) is 4.81. The molecule has 0 saturated carbocycles. The first kappa shape index (κ1) is 22.4. The molecule has 0 spiro atoms. The normalized spacial score (nSPS) is 13.2. The van der Waals surface area contributed by atoms with Crippen molar-refractivity contribution in [1.29, 1.82) is 0 Å². The van der Waals surface area contributed by atoms with Gasteiger partial charge in [0, 0.05) is 19.1 Å². The highest BCUT2D eigenvalue weighted by atomic mass is 16.5. The number of benzene rings is 2. The van der Waals surface area contributed by atoms with Crippen molar-refractivity contribution in [3.8, 4) is 5.75 Å². The van der Waals surface area contributed by atoms with Gasteiger partial charge in [-0.3, -0.25) is 0 Å². The zero-order valence-corrected chi connectivity index (χ0v) is 17.4. The quantitative estimate of drug-likeness (QED) is 0.432. The van der Waals surface area contributed by atoms with Crippen LogP contribution in [0.4, 0.5) is 0 Å². The molecule has 0 radical (unpaired) electrons. The minimum Gasteiger partial charge on any atom is -0.491 e. The molecule has 0 bridgehead atoms. The number of aryl methyl sites for hydroxylation is 1. The van der Waals surface area contributed by atoms with Gasteiger partial charge in [-0.1, -0.05) is 55.8 Å². The van der Waals surface area contributed by atoms with Gasteiger partial charge >= 0.3 is 0 Å². The number of hydrogen-bond donors (Lipinski definition) is 3. The van der Waals surface area contributed by atoms with E-state index in [9.17, 15) is 5.11 Å². The average Bonchev–Trinajstić information content (AvgIpc) is 2.74. The van der Waals surface area contributed by atoms with Crippen LogP contribution < -0.4 is 15.4 Å². The maximum Gasteiger partial charge on any atom is 0.119 e. The monoisotopic (exact) mass is 384 g/mol. The number of unbranched alkanes of at least 4 members (excludes halogenated alkanes) is 1. The molecule has 28 heavy (non-hydrogen) atoms. The summed E-state index contributed by atoms with van der Waals surface area (Å²) in [5.41, 5.74) is 2.70. The van der Waals surface area contributed by atoms with Gasteiger partial charge in [-0.05, 0) is 56.0 Å². The van der Waals surface area contributed by atoms with Gasteiger partial charge in [0.1, 0.15) is 18.5 Å². The minimum absolute atomic E-state index is 0.303. The van der Waals surface area contributed by atoms with Crippen LogP contribution in [0.15, 0.2) is 54.6 Å². The van der Waals surface area contributed by atoms with Gasteiger partial charge in [0.2, 0.25) is 0 Å². The van der Waals surface area contributed by atoms with E-state index in [1.54, 1.807) is 0 Å². The van der Waals surface area contributed by atoms with Gasteiger partial charge in [0.15, 0.2) is 0 Å². The largest absolute Gasteiger partial charge is 0.491 e. The summed E-state index contributed by atoms with van der Waals surface area (Å²) in [6, 6.07) is 18.8. The number of ether oxygens (including phenoxy) is 1. The lowest BCUT2D eigenvalue weighted by Crippen LogP contribution is -2.36. The van der Waals surface area contributed by atoms with Crippen LogP contribution in [0.5, 0.6) is 5.75 Å². The third-order valence-electron chi connectivity index (χ3n) is 4.81. The van der Waals surface area contributed by atoms with Crippen LogP contribution in [0.2, 0.25) is 0 Å². The van der Waals surface area contributed by atoms with E-state index in [4.69, 9.17) is 4.74 Å². The Bertz CT molecular complexity index is 631. The van der Waals surface area contributed by atoms with Crippen LogP contribution >= 0.6 is 0 Å². The summed E-state index contributed by atoms with van der Waals surface area (Å²) in [4.78, 5) is 0. The molecule has 0 amide bonds. The first-order valence-corrected chi connectivity index (χ1v) is 10.5. The molecule has 0 heterocycles. The average molecular weight is 385 g/mol. The van der Waals surface area contributed by atoms with E-state index >= 15 is 0 Å². The van der Waals surface area contributed by atoms with Crippen molar-refractivity contribution in [2.75, 3.05) is 19.7 Å². The van der Waals surface area contributed by atoms with Gasteiger partial charge in [-0.15, -0.1) is 0 Å². The van der Waals surface area contributed by atoms with Crippen molar-refractivity contribution < 1.29 is 9.84 Å². The molecular formula is C24H36N2O2. The molecule has 1 unspecified atom stereocenters. The topological polar surface area (TPSA) is 53.5 Å². The van der Waals surface area contributed by atoms with Crippen LogP contribution in [-0.2, 0) is 13.0 Å². The van der Waals surface area contributed by atoms with E-state index in [-0.39, 0.29) is 0 Å². The second-order valence-corrected chi connectivity index (χ2v) is 7.47. The molecule has 3 N–H and O–H groups in total. The highest BCUT2D eigenvalue weighted by Gasteiger charge is 2.08. The summed E-state index contributed by atoms with van der Waals surface area (Å²) in [5, 5.41) is 17.0. The molecule has 4 heteroatoms. The number of para-hydroxylation sites is 1. The molecule has 4 nitrogen and oxygen atoms in total. The van der Waals surface area contributed by atoms with Crippen molar-refractivity contribution in [2.24, 2.45) is 0 Å². The summed E-state index contributed by atoms with van der Waals surface area (Å²) in [6.07, 6.45) is 4.03. The van der Waals surface area contributed by atoms with Crippen LogP contribution in [0, 0.1) is 0 Å². The van der Waals surface area contributed by atoms with Crippen molar-refractivity contribution >= 4 is 0 Å². The molecule has 2 rings (SSSR count). The Hall–Kier alpha value is -1.88. The minimum atomic E-state index is -0.512. The standard InChI is InChI=1S/C24H36N2O2/c1-3-4-16-25-17-22-14-12-21(13-15-22)11-10-20(2)26-18-23(27)19-28-24-8-6-5-7-9-24/h5-9,12-15,20,23,25-27H,3-4,10-11,16-19H2,1-2H3/t20-,23?/m1/s1. The fourth-order valence-corrected chi connectivity index (χ4v) is 2.95. The van der Waals surface area contributed by atoms with E-state index in [0.29, 0.717) is 19.2 Å². The second-order valence-electron chi connectivity index (χ2n) is 7.47. The van der Waals surface area contributed by atoms with Crippen LogP contribution in [0.25, 0.3) is 0 Å². The van der Waals surface area contributed by atoms with E-state index in [1.807, 2.05) is 30.3 Å². The predicted octanol–water partition coefficient (Wildman–Crippen LogP) is 3.93. The summed E-state index contributed by atoms with van der Waals surface area (Å²) in [5.74, 6) is 0.790. The molecule has 2 atom stereocenters. The van der Waals surface area contributed by atoms with Gasteiger partial charge < -0.3 is 20.5 Å². The zero-order chi connectivity index (χ0) is 20.0. The van der Waals surface area contributed by atoms with Crippen molar-refractivity contribution in [2.45, 2.75) is 58.2 Å². The predicted molar refractivity (Wildman–Crippen MR) is 117 cm³/mol. The Kier molecular flexibility index (Phi) is 10.7. The number of aliphatic hydroxyl groups is 1. The van der Waals surface area contributed by atoms with E-state index in [2.05, 4.69) is 48.7 Å². The summed E-state index contributed by atoms with van der Waals surface area (Å²) in [6.45, 7) is 7.25. The van der Waals surface area contributed by atoms with Gasteiger partial charge in [-0.2, -0.15) is 0 Å². The van der Waals surface area contributed by atoms with E-state index in [0.717, 1.165) is 31.7 Å². The Morgan fingerprint density at radius 1 is 1.00 bits per heavy atom. The maximum atomic E-state index is 10.1. The fraction of sp³-hybridized carbons (Fsp3) is 0.500. The molecule has 0 saturated heterocycles. The maximum absolute atomic E-state index is 10.1. The first-order valence-electron chi connectivity index (χ1n) is 10.5. The molecule has 0 aliphatic rings. The molecular weight excluding hydrogens is 348 g/mol. The molecule has 0 aromatic heterocycles. The fourth-order valence-electron chi connectivity index (χ4n) is 2.95. The van der Waals surface area contributed by atoms with Gasteiger partial charge in [0.25, 0.3) is 0 Å². The second kappa shape index (κ2) is 13.3. The number of nitrogens with one attached hydrogen (secondary N) is 2. The number of rotatable bonds is 14. The Labute approximate surface area is 170 Å². The smallest absolute Gasteiger partial charge is 0.119 e. The Morgan fingerprint density at radius 3 is 2.43 bits per heavy atom. The van der Waals surface area contributed by atoms with Crippen LogP contribution in [0.1, 0.15) is 44.2 Å². The molecule has 0 aliphatic heterocycles. The lowest BCUT2D eigenvalue weighted by molar-refractivity contribution is 0.104. The molecule has 2 aromatic carbocycles. The molecule has 2 aromatic rings. The summed E-state index contributed by atoms with van der Waals surface area (Å²) < 4.78 is 5.59. The van der Waals surface area contributed by atoms with Crippen molar-refractivity contribution in [3.05, 3.63) is 65.7 Å². The van der Waals surface area contributed by atoms with E-state index in [1.165, 1.54) is 24.0 Å².